The van der Waals surface area contributed by atoms with Crippen molar-refractivity contribution in [2.75, 3.05) is 0 Å². The Kier molecular flexibility index (Phi) is 4.77. The maximum absolute atomic E-state index is 5.81. The summed E-state index contributed by atoms with van der Waals surface area (Å²) in [6.45, 7) is 6.80. The van der Waals surface area contributed by atoms with Crippen LogP contribution in [0.3, 0.4) is 0 Å². The first kappa shape index (κ1) is 11.2. The second-order valence-electron chi connectivity index (χ2n) is 3.58. The summed E-state index contributed by atoms with van der Waals surface area (Å²) in [6.07, 6.45) is 3.21. The van der Waals surface area contributed by atoms with Crippen LogP contribution in [0.2, 0.25) is 19.1 Å². The summed E-state index contributed by atoms with van der Waals surface area (Å²) in [6, 6.07) is 1.36. The van der Waals surface area contributed by atoms with Gasteiger partial charge in [0.05, 0.1) is 0 Å². The average Bonchev–Trinajstić information content (AvgIpc) is 1.60. The van der Waals surface area contributed by atoms with Crippen LogP contribution in [0.15, 0.2) is 0 Å². The zero-order valence-electron chi connectivity index (χ0n) is 8.61. The predicted molar refractivity (Wildman–Crippen MR) is 43.2 cm³/mol. The molecular formula is C7H17NaOSi. The van der Waals surface area contributed by atoms with Gasteiger partial charge in [-0.3, -0.25) is 0 Å². The molecule has 0 spiro atoms. The molecule has 56 valence electrons. The first-order valence-corrected chi connectivity index (χ1v) is 6.89. The maximum atomic E-state index is 5.81. The van der Waals surface area contributed by atoms with E-state index in [4.69, 9.17) is 4.43 Å². The summed E-state index contributed by atoms with van der Waals surface area (Å²) in [5, 5.41) is 0. The third-order valence-corrected chi connectivity index (χ3v) is 4.51. The van der Waals surface area contributed by atoms with Gasteiger partial charge < -0.3 is 5.85 Å². The second kappa shape index (κ2) is 4.26. The Bertz CT molecular complexity index is 111. The number of hydrogen-bond acceptors (Lipinski definition) is 1. The fourth-order valence-electron chi connectivity index (χ4n) is 1.48. The van der Waals surface area contributed by atoms with E-state index >= 15 is 0 Å². The molecule has 1 heterocycles. The van der Waals surface area contributed by atoms with Crippen LogP contribution in [-0.4, -0.2) is 14.4 Å². The number of hydrogen-bond donors (Lipinski definition) is 0. The van der Waals surface area contributed by atoms with Crippen molar-refractivity contribution >= 4 is 8.32 Å². The van der Waals surface area contributed by atoms with Crippen LogP contribution < -0.4 is 29.6 Å². The summed E-state index contributed by atoms with van der Waals surface area (Å²) in [4.78, 5) is 0. The van der Waals surface area contributed by atoms with Crippen molar-refractivity contribution in [1.82, 2.24) is 0 Å². The Hall–Kier alpha value is 1.18. The van der Waals surface area contributed by atoms with Gasteiger partial charge >= 0.3 is 29.6 Å². The van der Waals surface area contributed by atoms with Crippen LogP contribution in [-0.2, 0) is 4.43 Å². The Morgan fingerprint density at radius 1 is 1.50 bits per heavy atom. The van der Waals surface area contributed by atoms with Crippen molar-refractivity contribution in [3.05, 3.63) is 0 Å². The zero-order valence-corrected chi connectivity index (χ0v) is 10.6. The fourth-order valence-corrected chi connectivity index (χ4v) is 3.86. The van der Waals surface area contributed by atoms with Crippen molar-refractivity contribution in [3.8, 4) is 0 Å². The van der Waals surface area contributed by atoms with Gasteiger partial charge in [-0.15, -0.1) is 0 Å². The van der Waals surface area contributed by atoms with Crippen molar-refractivity contribution in [1.29, 1.82) is 0 Å². The first-order chi connectivity index (χ1) is 4.10. The van der Waals surface area contributed by atoms with Gasteiger partial charge in [0.15, 0.2) is 8.32 Å². The SMILES string of the molecule is CC1CCC[Si](C)(C)O1.[H-].[Na+]. The molecule has 0 aromatic heterocycles. The minimum Gasteiger partial charge on any atom is -1.00 e. The molecule has 1 unspecified atom stereocenters. The molecule has 0 aliphatic carbocycles. The Morgan fingerprint density at radius 2 is 2.10 bits per heavy atom. The van der Waals surface area contributed by atoms with Crippen molar-refractivity contribution in [2.45, 2.75) is 45.0 Å². The third-order valence-electron chi connectivity index (χ3n) is 1.91. The van der Waals surface area contributed by atoms with E-state index in [-0.39, 0.29) is 31.0 Å². The van der Waals surface area contributed by atoms with Gasteiger partial charge in [0.2, 0.25) is 0 Å². The molecule has 1 rings (SSSR count). The van der Waals surface area contributed by atoms with E-state index in [1.165, 1.54) is 18.9 Å². The molecule has 0 N–H and O–H groups in total. The van der Waals surface area contributed by atoms with Gasteiger partial charge in [-0.2, -0.15) is 0 Å². The van der Waals surface area contributed by atoms with Gasteiger partial charge in [0.1, 0.15) is 0 Å². The monoisotopic (exact) mass is 168 g/mol. The summed E-state index contributed by atoms with van der Waals surface area (Å²) >= 11 is 0. The van der Waals surface area contributed by atoms with E-state index in [9.17, 15) is 0 Å². The fraction of sp³-hybridized carbons (Fsp3) is 1.00. The zero-order chi connectivity index (χ0) is 6.91. The molecule has 0 bridgehead atoms. The van der Waals surface area contributed by atoms with E-state index in [0.717, 1.165) is 0 Å². The summed E-state index contributed by atoms with van der Waals surface area (Å²) in [5.74, 6) is 0. The summed E-state index contributed by atoms with van der Waals surface area (Å²) in [5.41, 5.74) is 0. The molecule has 0 aromatic carbocycles. The van der Waals surface area contributed by atoms with Crippen LogP contribution in [0, 0.1) is 0 Å². The molecule has 1 nitrogen and oxygen atoms in total. The molecule has 1 atom stereocenters. The predicted octanol–water partition coefficient (Wildman–Crippen LogP) is -0.493. The van der Waals surface area contributed by atoms with Crippen LogP contribution in [0.4, 0.5) is 0 Å². The van der Waals surface area contributed by atoms with Gasteiger partial charge in [-0.1, -0.05) is 6.42 Å². The molecule has 1 fully saturated rings. The molecule has 0 saturated carbocycles. The minimum absolute atomic E-state index is 0. The molecule has 1 aliphatic rings. The molecule has 0 aromatic rings. The van der Waals surface area contributed by atoms with Gasteiger partial charge in [0, 0.05) is 6.10 Å². The van der Waals surface area contributed by atoms with E-state index in [0.29, 0.717) is 6.10 Å². The topological polar surface area (TPSA) is 9.23 Å². The number of rotatable bonds is 0. The van der Waals surface area contributed by atoms with E-state index in [1.54, 1.807) is 0 Å². The Morgan fingerprint density at radius 3 is 2.40 bits per heavy atom. The molecule has 1 aliphatic heterocycles. The van der Waals surface area contributed by atoms with E-state index in [1.807, 2.05) is 0 Å². The minimum atomic E-state index is -1.15. The van der Waals surface area contributed by atoms with Crippen LogP contribution >= 0.6 is 0 Å². The molecule has 1 saturated heterocycles. The van der Waals surface area contributed by atoms with Gasteiger partial charge in [-0.25, -0.2) is 0 Å². The normalized spacial score (nSPS) is 30.9. The third kappa shape index (κ3) is 3.53. The summed E-state index contributed by atoms with van der Waals surface area (Å²) < 4.78 is 5.81. The van der Waals surface area contributed by atoms with Crippen molar-refractivity contribution in [3.63, 3.8) is 0 Å². The van der Waals surface area contributed by atoms with Crippen LogP contribution in [0.25, 0.3) is 0 Å². The molecule has 3 heteroatoms. The van der Waals surface area contributed by atoms with Gasteiger partial charge in [-0.05, 0) is 32.5 Å². The largest absolute Gasteiger partial charge is 1.00 e. The molecule has 0 amide bonds. The van der Waals surface area contributed by atoms with E-state index < -0.39 is 8.32 Å². The smallest absolute Gasteiger partial charge is 1.00 e. The second-order valence-corrected chi connectivity index (χ2v) is 7.84. The molecule has 0 radical (unpaired) electrons. The quantitative estimate of drug-likeness (QED) is 0.443. The van der Waals surface area contributed by atoms with Crippen LogP contribution in [0.1, 0.15) is 21.2 Å². The average molecular weight is 168 g/mol. The van der Waals surface area contributed by atoms with Crippen molar-refractivity contribution in [2.24, 2.45) is 0 Å². The first-order valence-electron chi connectivity index (χ1n) is 3.78. The van der Waals surface area contributed by atoms with Crippen molar-refractivity contribution < 1.29 is 35.4 Å². The molecule has 10 heavy (non-hydrogen) atoms. The van der Waals surface area contributed by atoms with Crippen LogP contribution in [0.5, 0.6) is 0 Å². The standard InChI is InChI=1S/C7H16OSi.Na.H/c1-7-5-4-6-9(2,3)8-7;;/h7H,4-6H2,1-3H3;;/q;+1;-1. The Labute approximate surface area is 88.4 Å². The Balaban J connectivity index is 0. The van der Waals surface area contributed by atoms with E-state index in [2.05, 4.69) is 20.0 Å². The summed E-state index contributed by atoms with van der Waals surface area (Å²) in [7, 11) is -1.15. The molecular weight excluding hydrogens is 151 g/mol. The van der Waals surface area contributed by atoms with Gasteiger partial charge in [0.25, 0.3) is 0 Å². The maximum Gasteiger partial charge on any atom is 1.00 e.